The Balaban J connectivity index is 2.43. The molecule has 1 aliphatic rings. The van der Waals surface area contributed by atoms with E-state index in [9.17, 15) is 29.2 Å². The van der Waals surface area contributed by atoms with E-state index in [1.54, 1.807) is 0 Å². The van der Waals surface area contributed by atoms with Crippen molar-refractivity contribution in [3.05, 3.63) is 35.9 Å². The summed E-state index contributed by atoms with van der Waals surface area (Å²) in [5, 5.41) is 48.0. The average molecular weight is 306 g/mol. The zero-order valence-electron chi connectivity index (χ0n) is 10.8. The molecule has 5 atom stereocenters. The SMILES string of the molecule is OC[C@H]1O[C@@](O)(C(F)(F)c2ccccc2)[C@H](O)[C@@H](O)[C@H]1O. The predicted molar refractivity (Wildman–Crippen MR) is 65.3 cm³/mol. The van der Waals surface area contributed by atoms with Gasteiger partial charge < -0.3 is 30.3 Å². The lowest BCUT2D eigenvalue weighted by molar-refractivity contribution is -0.416. The minimum Gasteiger partial charge on any atom is -0.394 e. The summed E-state index contributed by atoms with van der Waals surface area (Å²) in [5.41, 5.74) is -0.646. The molecule has 0 radical (unpaired) electrons. The molecule has 5 N–H and O–H groups in total. The third-order valence-electron chi connectivity index (χ3n) is 3.55. The minimum absolute atomic E-state index is 0.646. The van der Waals surface area contributed by atoms with Gasteiger partial charge in [-0.3, -0.25) is 0 Å². The van der Waals surface area contributed by atoms with Crippen molar-refractivity contribution in [2.75, 3.05) is 6.61 Å². The van der Waals surface area contributed by atoms with Crippen molar-refractivity contribution in [1.29, 1.82) is 0 Å². The van der Waals surface area contributed by atoms with Crippen LogP contribution in [0.3, 0.4) is 0 Å². The van der Waals surface area contributed by atoms with Gasteiger partial charge in [0.05, 0.1) is 6.61 Å². The molecule has 21 heavy (non-hydrogen) atoms. The van der Waals surface area contributed by atoms with E-state index in [2.05, 4.69) is 4.74 Å². The van der Waals surface area contributed by atoms with Gasteiger partial charge in [-0.25, -0.2) is 0 Å². The van der Waals surface area contributed by atoms with E-state index in [0.29, 0.717) is 0 Å². The highest BCUT2D eigenvalue weighted by Gasteiger charge is 2.66. The lowest BCUT2D eigenvalue weighted by atomic mass is 9.86. The van der Waals surface area contributed by atoms with Crippen LogP contribution in [0.25, 0.3) is 0 Å². The molecular formula is C13H16F2O6. The minimum atomic E-state index is -4.08. The Morgan fingerprint density at radius 1 is 1.10 bits per heavy atom. The molecule has 1 aromatic carbocycles. The fourth-order valence-corrected chi connectivity index (χ4v) is 2.27. The molecule has 1 heterocycles. The Kier molecular flexibility index (Phi) is 4.29. The molecule has 118 valence electrons. The first kappa shape index (κ1) is 16.2. The van der Waals surface area contributed by atoms with Gasteiger partial charge >= 0.3 is 5.92 Å². The van der Waals surface area contributed by atoms with Gasteiger partial charge in [0.25, 0.3) is 5.79 Å². The van der Waals surface area contributed by atoms with E-state index >= 15 is 0 Å². The summed E-state index contributed by atoms with van der Waals surface area (Å²) in [6.07, 6.45) is -8.04. The van der Waals surface area contributed by atoms with Crippen molar-refractivity contribution in [3.8, 4) is 0 Å². The van der Waals surface area contributed by atoms with Crippen LogP contribution in [-0.2, 0) is 10.7 Å². The maximum atomic E-state index is 14.5. The molecule has 0 bridgehead atoms. The zero-order chi connectivity index (χ0) is 15.8. The molecule has 6 nitrogen and oxygen atoms in total. The fraction of sp³-hybridized carbons (Fsp3) is 0.538. The number of aliphatic hydroxyl groups is 5. The number of ether oxygens (including phenoxy) is 1. The zero-order valence-corrected chi connectivity index (χ0v) is 10.8. The molecule has 1 aromatic rings. The number of halogens is 2. The lowest BCUT2D eigenvalue weighted by Gasteiger charge is -2.48. The van der Waals surface area contributed by atoms with E-state index in [1.807, 2.05) is 0 Å². The third-order valence-corrected chi connectivity index (χ3v) is 3.55. The normalized spacial score (nSPS) is 37.5. The molecule has 8 heteroatoms. The van der Waals surface area contributed by atoms with Crippen molar-refractivity contribution in [1.82, 2.24) is 0 Å². The second-order valence-corrected chi connectivity index (χ2v) is 4.90. The fourth-order valence-electron chi connectivity index (χ4n) is 2.27. The maximum absolute atomic E-state index is 14.5. The van der Waals surface area contributed by atoms with Crippen LogP contribution in [-0.4, -0.2) is 62.3 Å². The summed E-state index contributed by atoms with van der Waals surface area (Å²) >= 11 is 0. The first-order valence-corrected chi connectivity index (χ1v) is 6.24. The van der Waals surface area contributed by atoms with Crippen LogP contribution < -0.4 is 0 Å². The van der Waals surface area contributed by atoms with Crippen molar-refractivity contribution < 1.29 is 39.1 Å². The summed E-state index contributed by atoms with van der Waals surface area (Å²) in [5.74, 6) is -7.57. The molecule has 0 aliphatic carbocycles. The van der Waals surface area contributed by atoms with Crippen LogP contribution in [0.2, 0.25) is 0 Å². The number of benzene rings is 1. The Labute approximate surface area is 118 Å². The van der Waals surface area contributed by atoms with Gasteiger partial charge in [-0.05, 0) is 0 Å². The average Bonchev–Trinajstić information content (AvgIpc) is 2.49. The highest BCUT2D eigenvalue weighted by atomic mass is 19.3. The first-order valence-electron chi connectivity index (χ1n) is 6.24. The van der Waals surface area contributed by atoms with Gasteiger partial charge in [-0.15, -0.1) is 0 Å². The summed E-state index contributed by atoms with van der Waals surface area (Å²) < 4.78 is 33.6. The molecule has 1 saturated heterocycles. The Bertz CT molecular complexity index is 483. The quantitative estimate of drug-likeness (QED) is 0.487. The molecule has 0 aromatic heterocycles. The van der Waals surface area contributed by atoms with Crippen LogP contribution in [0, 0.1) is 0 Å². The van der Waals surface area contributed by atoms with Gasteiger partial charge in [0, 0.05) is 5.56 Å². The van der Waals surface area contributed by atoms with E-state index in [4.69, 9.17) is 5.11 Å². The molecule has 2 rings (SSSR count). The van der Waals surface area contributed by atoms with Crippen molar-refractivity contribution >= 4 is 0 Å². The Morgan fingerprint density at radius 3 is 2.19 bits per heavy atom. The molecule has 0 amide bonds. The second-order valence-electron chi connectivity index (χ2n) is 4.90. The van der Waals surface area contributed by atoms with Crippen molar-refractivity contribution in [2.24, 2.45) is 0 Å². The van der Waals surface area contributed by atoms with Crippen LogP contribution >= 0.6 is 0 Å². The van der Waals surface area contributed by atoms with E-state index in [0.717, 1.165) is 12.1 Å². The van der Waals surface area contributed by atoms with Crippen LogP contribution in [0.4, 0.5) is 8.78 Å². The highest BCUT2D eigenvalue weighted by molar-refractivity contribution is 5.24. The van der Waals surface area contributed by atoms with Crippen LogP contribution in [0.5, 0.6) is 0 Å². The number of alkyl halides is 2. The molecule has 0 spiro atoms. The van der Waals surface area contributed by atoms with Gasteiger partial charge in [0.2, 0.25) is 0 Å². The smallest absolute Gasteiger partial charge is 0.328 e. The van der Waals surface area contributed by atoms with E-state index in [1.165, 1.54) is 18.2 Å². The first-order chi connectivity index (χ1) is 9.75. The van der Waals surface area contributed by atoms with Gasteiger partial charge in [0.1, 0.15) is 24.4 Å². The van der Waals surface area contributed by atoms with E-state index in [-0.39, 0.29) is 0 Å². The second kappa shape index (κ2) is 5.56. The molecular weight excluding hydrogens is 290 g/mol. The monoisotopic (exact) mass is 306 g/mol. The third kappa shape index (κ3) is 2.44. The lowest BCUT2D eigenvalue weighted by Crippen LogP contribution is -2.70. The van der Waals surface area contributed by atoms with Gasteiger partial charge in [-0.1, -0.05) is 30.3 Å². The molecule has 1 fully saturated rings. The predicted octanol–water partition coefficient (Wildman–Crippen LogP) is -1.06. The maximum Gasteiger partial charge on any atom is 0.328 e. The molecule has 1 aliphatic heterocycles. The molecule has 0 saturated carbocycles. The van der Waals surface area contributed by atoms with Crippen LogP contribution in [0.1, 0.15) is 5.56 Å². The van der Waals surface area contributed by atoms with Gasteiger partial charge in [-0.2, -0.15) is 8.78 Å². The van der Waals surface area contributed by atoms with Crippen molar-refractivity contribution in [2.45, 2.75) is 36.1 Å². The summed E-state index contributed by atoms with van der Waals surface area (Å²) in [7, 11) is 0. The van der Waals surface area contributed by atoms with E-state index < -0.39 is 48.3 Å². The molecule has 0 unspecified atom stereocenters. The topological polar surface area (TPSA) is 110 Å². The summed E-state index contributed by atoms with van der Waals surface area (Å²) in [6.45, 7) is -0.919. The summed E-state index contributed by atoms with van der Waals surface area (Å²) in [6, 6.07) is 6.11. The number of hydrogen-bond acceptors (Lipinski definition) is 6. The van der Waals surface area contributed by atoms with Crippen LogP contribution in [0.15, 0.2) is 30.3 Å². The highest BCUT2D eigenvalue weighted by Crippen LogP contribution is 2.45. The number of aliphatic hydroxyl groups excluding tert-OH is 4. The van der Waals surface area contributed by atoms with Gasteiger partial charge in [0.15, 0.2) is 0 Å². The number of rotatable bonds is 3. The largest absolute Gasteiger partial charge is 0.394 e. The number of hydrogen-bond donors (Lipinski definition) is 5. The summed E-state index contributed by atoms with van der Waals surface area (Å²) in [4.78, 5) is 0. The standard InChI is InChI=1S/C13H16F2O6/c14-12(15,7-4-2-1-3-5-7)13(20)11(19)10(18)9(17)8(6-16)21-13/h1-5,8-11,16-20H,6H2/t8-,9+,10+,11-,13-/m1/s1. The Morgan fingerprint density at radius 2 is 1.67 bits per heavy atom. The van der Waals surface area contributed by atoms with Crippen molar-refractivity contribution in [3.63, 3.8) is 0 Å². The Hall–Kier alpha value is -1.16.